The van der Waals surface area contributed by atoms with Gasteiger partial charge in [-0.05, 0) is 0 Å². The molecule has 0 saturated carbocycles. The second-order valence-corrected chi connectivity index (χ2v) is 1.34. The predicted molar refractivity (Wildman–Crippen MR) is 27.2 cm³/mol. The van der Waals surface area contributed by atoms with Gasteiger partial charge in [-0.2, -0.15) is 8.42 Å². The van der Waals surface area contributed by atoms with Crippen molar-refractivity contribution in [3.8, 4) is 0 Å². The number of hydrogen-bond donors (Lipinski definition) is 2. The molecule has 0 aliphatic carbocycles. The summed E-state index contributed by atoms with van der Waals surface area (Å²) in [7, 11) is -4.67. The molecule has 0 heterocycles. The smallest absolute Gasteiger partial charge is 0.394 e. The third-order valence-corrected chi connectivity index (χ3v) is 0. The second-order valence-electron chi connectivity index (χ2n) is 0.448. The maximum atomic E-state index is 8.74. The molecule has 1 radical (unpaired) electrons. The van der Waals surface area contributed by atoms with Crippen molar-refractivity contribution < 1.29 is 28.5 Å². The SMILES string of the molecule is O.O.O=S(=O)(O)O.[Na]. The Kier molecular flexibility index (Phi) is 22.6. The summed E-state index contributed by atoms with van der Waals surface area (Å²) in [6, 6.07) is 0. The van der Waals surface area contributed by atoms with Crippen molar-refractivity contribution in [3.63, 3.8) is 0 Å². The molecule has 0 bridgehead atoms. The minimum atomic E-state index is -4.67. The Balaban J connectivity index is -0.0000000267. The maximum Gasteiger partial charge on any atom is 0.394 e. The van der Waals surface area contributed by atoms with Crippen molar-refractivity contribution in [2.45, 2.75) is 0 Å². The zero-order chi connectivity index (χ0) is 4.50. The van der Waals surface area contributed by atoms with E-state index in [1.165, 1.54) is 0 Å². The molecular weight excluding hydrogens is 151 g/mol. The van der Waals surface area contributed by atoms with Crippen LogP contribution >= 0.6 is 0 Å². The van der Waals surface area contributed by atoms with Crippen LogP contribution in [-0.4, -0.2) is 58.0 Å². The van der Waals surface area contributed by atoms with E-state index < -0.39 is 10.4 Å². The van der Waals surface area contributed by atoms with Crippen molar-refractivity contribution in [1.82, 2.24) is 0 Å². The van der Waals surface area contributed by atoms with Gasteiger partial charge in [0, 0.05) is 29.6 Å². The molecule has 6 N–H and O–H groups in total. The zero-order valence-corrected chi connectivity index (χ0v) is 6.94. The van der Waals surface area contributed by atoms with Crippen LogP contribution in [0.2, 0.25) is 0 Å². The van der Waals surface area contributed by atoms with Crippen LogP contribution < -0.4 is 0 Å². The molecule has 0 aromatic carbocycles. The van der Waals surface area contributed by atoms with E-state index in [1.807, 2.05) is 0 Å². The van der Waals surface area contributed by atoms with Gasteiger partial charge >= 0.3 is 10.4 Å². The summed E-state index contributed by atoms with van der Waals surface area (Å²) in [6.07, 6.45) is 0. The monoisotopic (exact) mass is 157 g/mol. The number of hydrogen-bond acceptors (Lipinski definition) is 2. The van der Waals surface area contributed by atoms with Gasteiger partial charge in [-0.15, -0.1) is 0 Å². The summed E-state index contributed by atoms with van der Waals surface area (Å²) >= 11 is 0. The predicted octanol–water partition coefficient (Wildman–Crippen LogP) is -2.68. The Morgan fingerprint density at radius 1 is 1.00 bits per heavy atom. The van der Waals surface area contributed by atoms with Gasteiger partial charge in [-0.25, -0.2) is 0 Å². The fraction of sp³-hybridized carbons (Fsp3) is 0. The average molecular weight is 157 g/mol. The van der Waals surface area contributed by atoms with Crippen molar-refractivity contribution in [3.05, 3.63) is 0 Å². The van der Waals surface area contributed by atoms with E-state index in [-0.39, 0.29) is 40.5 Å². The molecule has 0 aliphatic heterocycles. The molecule has 0 fully saturated rings. The van der Waals surface area contributed by atoms with Crippen LogP contribution in [0.25, 0.3) is 0 Å². The Hall–Kier alpha value is 0.790. The zero-order valence-electron chi connectivity index (χ0n) is 4.12. The molecule has 6 nitrogen and oxygen atoms in total. The molecule has 0 aromatic heterocycles. The minimum Gasteiger partial charge on any atom is -0.412 e. The maximum absolute atomic E-state index is 8.74. The van der Waals surface area contributed by atoms with Crippen LogP contribution in [0.1, 0.15) is 0 Å². The fourth-order valence-electron chi connectivity index (χ4n) is 0. The summed E-state index contributed by atoms with van der Waals surface area (Å²) in [5.74, 6) is 0. The van der Waals surface area contributed by atoms with Crippen molar-refractivity contribution in [2.75, 3.05) is 0 Å². The quantitative estimate of drug-likeness (QED) is 0.292. The molecule has 0 unspecified atom stereocenters. The van der Waals surface area contributed by atoms with Gasteiger partial charge in [-0.1, -0.05) is 0 Å². The van der Waals surface area contributed by atoms with Gasteiger partial charge in [0.1, 0.15) is 0 Å². The molecule has 0 spiro atoms. The fourth-order valence-corrected chi connectivity index (χ4v) is 0. The normalized spacial score (nSPS) is 7.25. The van der Waals surface area contributed by atoms with E-state index in [1.54, 1.807) is 0 Å². The van der Waals surface area contributed by atoms with E-state index in [0.717, 1.165) is 0 Å². The Morgan fingerprint density at radius 2 is 1.00 bits per heavy atom. The summed E-state index contributed by atoms with van der Waals surface area (Å²) < 4.78 is 31.6. The van der Waals surface area contributed by atoms with Crippen LogP contribution in [-0.2, 0) is 10.4 Å². The third kappa shape index (κ3) is 365. The van der Waals surface area contributed by atoms with E-state index >= 15 is 0 Å². The van der Waals surface area contributed by atoms with Crippen molar-refractivity contribution in [2.24, 2.45) is 0 Å². The molecule has 0 aromatic rings. The standard InChI is InChI=1S/Na.H2O4S.2H2O/c;1-5(2,3)4;;/h;(H2,1,2,3,4);2*1H2. The Bertz CT molecular complexity index is 91.7. The van der Waals surface area contributed by atoms with Gasteiger partial charge in [0.2, 0.25) is 0 Å². The van der Waals surface area contributed by atoms with Crippen LogP contribution in [0.15, 0.2) is 0 Å². The third-order valence-electron chi connectivity index (χ3n) is 0. The molecule has 0 saturated heterocycles. The first-order valence-electron chi connectivity index (χ1n) is 0.698. The Labute approximate surface area is 68.4 Å². The van der Waals surface area contributed by atoms with E-state index in [9.17, 15) is 0 Å². The van der Waals surface area contributed by atoms with Crippen molar-refractivity contribution in [1.29, 1.82) is 0 Å². The largest absolute Gasteiger partial charge is 0.412 e. The molecule has 0 aliphatic rings. The van der Waals surface area contributed by atoms with Crippen molar-refractivity contribution >= 4 is 40.0 Å². The number of rotatable bonds is 0. The first-order chi connectivity index (χ1) is 2.00. The molecule has 0 atom stereocenters. The summed E-state index contributed by atoms with van der Waals surface area (Å²) in [4.78, 5) is 0. The minimum absolute atomic E-state index is 0. The molecular formula is H6NaO6S. The summed E-state index contributed by atoms with van der Waals surface area (Å²) in [5, 5.41) is 0. The Morgan fingerprint density at radius 3 is 1.00 bits per heavy atom. The van der Waals surface area contributed by atoms with Crippen LogP contribution in [0.4, 0.5) is 0 Å². The van der Waals surface area contributed by atoms with Gasteiger partial charge in [0.05, 0.1) is 0 Å². The molecule has 0 amide bonds. The molecule has 49 valence electrons. The molecule has 8 heteroatoms. The van der Waals surface area contributed by atoms with Gasteiger partial charge in [0.15, 0.2) is 0 Å². The van der Waals surface area contributed by atoms with Crippen LogP contribution in [0.3, 0.4) is 0 Å². The molecule has 8 heavy (non-hydrogen) atoms. The van der Waals surface area contributed by atoms with Gasteiger partial charge in [-0.3, -0.25) is 9.11 Å². The molecule has 0 rings (SSSR count). The van der Waals surface area contributed by atoms with E-state index in [4.69, 9.17) is 17.5 Å². The summed E-state index contributed by atoms with van der Waals surface area (Å²) in [6.45, 7) is 0. The van der Waals surface area contributed by atoms with Gasteiger partial charge < -0.3 is 11.0 Å². The van der Waals surface area contributed by atoms with E-state index in [0.29, 0.717) is 0 Å². The topological polar surface area (TPSA) is 138 Å². The van der Waals surface area contributed by atoms with Crippen LogP contribution in [0.5, 0.6) is 0 Å². The summed E-state index contributed by atoms with van der Waals surface area (Å²) in [5.41, 5.74) is 0. The van der Waals surface area contributed by atoms with E-state index in [2.05, 4.69) is 0 Å². The first-order valence-corrected chi connectivity index (χ1v) is 2.10. The van der Waals surface area contributed by atoms with Crippen LogP contribution in [0, 0.1) is 0 Å². The van der Waals surface area contributed by atoms with Gasteiger partial charge in [0.25, 0.3) is 0 Å². The average Bonchev–Trinajstić information content (AvgIpc) is 0.722. The second kappa shape index (κ2) is 7.79. The first kappa shape index (κ1) is 23.2.